The van der Waals surface area contributed by atoms with E-state index in [0.717, 1.165) is 0 Å². The molecule has 5 heteroatoms. The van der Waals surface area contributed by atoms with Crippen molar-refractivity contribution in [2.45, 2.75) is 6.92 Å². The van der Waals surface area contributed by atoms with Crippen molar-refractivity contribution in [1.29, 1.82) is 0 Å². The first-order chi connectivity index (χ1) is 3.48. The Morgan fingerprint density at radius 3 is 2.12 bits per heavy atom. The van der Waals surface area contributed by atoms with Crippen LogP contribution in [0.4, 0.5) is 0 Å². The van der Waals surface area contributed by atoms with E-state index in [1.807, 2.05) is 0 Å². The molecule has 0 atom stereocenters. The minimum Gasteiger partial charge on any atom is -0.321 e. The van der Waals surface area contributed by atoms with Crippen molar-refractivity contribution in [3.63, 3.8) is 0 Å². The van der Waals surface area contributed by atoms with E-state index in [-0.39, 0.29) is 4.22 Å². The molecule has 0 aromatic carbocycles. The summed E-state index contributed by atoms with van der Waals surface area (Å²) in [5, 5.41) is 0. The lowest BCUT2D eigenvalue weighted by atomic mass is 10.8. The van der Waals surface area contributed by atoms with Crippen LogP contribution in [-0.4, -0.2) is 9.79 Å². The summed E-state index contributed by atoms with van der Waals surface area (Å²) >= 11 is 2.70. The molecule has 0 aliphatic carbocycles. The molecule has 0 bridgehead atoms. The Hall–Kier alpha value is 0.370. The average Bonchev–Trinajstić information content (AvgIpc) is 1.62. The minimum absolute atomic E-state index is 0.0648. The first kappa shape index (κ1) is 8.37. The molecule has 0 spiro atoms. The van der Waals surface area contributed by atoms with Crippen molar-refractivity contribution in [2.24, 2.45) is 0 Å². The smallest absolute Gasteiger partial charge is 0.321 e. The minimum atomic E-state index is -3.98. The number of rotatable bonds is 1. The summed E-state index contributed by atoms with van der Waals surface area (Å²) in [6.45, 7) is 1.54. The van der Waals surface area contributed by atoms with Gasteiger partial charge in [-0.25, -0.2) is 0 Å². The molecule has 0 amide bonds. The molecular weight excluding hydrogens is 195 g/mol. The Bertz CT molecular complexity index is 147. The van der Waals surface area contributed by atoms with Crippen LogP contribution in [0.5, 0.6) is 0 Å². The van der Waals surface area contributed by atoms with E-state index in [9.17, 15) is 4.57 Å². The van der Waals surface area contributed by atoms with Gasteiger partial charge in [0.2, 0.25) is 0 Å². The predicted octanol–water partition coefficient (Wildman–Crippen LogP) is 1.42. The fourth-order valence-corrected chi connectivity index (χ4v) is 0.505. The first-order valence-corrected chi connectivity index (χ1v) is 4.27. The Labute approximate surface area is 55.7 Å². The molecule has 0 rings (SSSR count). The number of hydrogen-bond acceptors (Lipinski definition) is 1. The molecule has 48 valence electrons. The third-order valence-corrected chi connectivity index (χ3v) is 3.17. The molecule has 0 heterocycles. The van der Waals surface area contributed by atoms with Gasteiger partial charge in [0.15, 0.2) is 0 Å². The maximum atomic E-state index is 10.1. The molecule has 2 N–H and O–H groups in total. The molecule has 0 aromatic rings. The normalized spacial score (nSPS) is 14.2. The SMILES string of the molecule is C/C=C(\Br)P(=O)(O)O. The summed E-state index contributed by atoms with van der Waals surface area (Å²) in [6.07, 6.45) is 1.32. The Kier molecular flexibility index (Phi) is 2.91. The Morgan fingerprint density at radius 2 is 2.12 bits per heavy atom. The van der Waals surface area contributed by atoms with Crippen LogP contribution in [0.2, 0.25) is 0 Å². The Morgan fingerprint density at radius 1 is 1.75 bits per heavy atom. The fourth-order valence-electron chi connectivity index (χ4n) is 0.168. The van der Waals surface area contributed by atoms with Gasteiger partial charge in [-0.05, 0) is 22.9 Å². The number of halogens is 1. The highest BCUT2D eigenvalue weighted by Crippen LogP contribution is 2.48. The summed E-state index contributed by atoms with van der Waals surface area (Å²) < 4.78 is 10.1. The standard InChI is InChI=1S/C3H6BrO3P/c1-2-3(4)8(5,6)7/h2H,1H3,(H2,5,6,7)/b3-2+. The van der Waals surface area contributed by atoms with Gasteiger partial charge in [0, 0.05) is 0 Å². The monoisotopic (exact) mass is 200 g/mol. The van der Waals surface area contributed by atoms with Gasteiger partial charge < -0.3 is 9.79 Å². The maximum absolute atomic E-state index is 10.1. The van der Waals surface area contributed by atoms with Crippen LogP contribution < -0.4 is 0 Å². The van der Waals surface area contributed by atoms with Crippen molar-refractivity contribution < 1.29 is 14.4 Å². The molecule has 3 nitrogen and oxygen atoms in total. The van der Waals surface area contributed by atoms with Crippen molar-refractivity contribution in [3.8, 4) is 0 Å². The molecule has 0 aromatic heterocycles. The molecule has 0 saturated carbocycles. The van der Waals surface area contributed by atoms with Crippen LogP contribution in [0.15, 0.2) is 10.3 Å². The van der Waals surface area contributed by atoms with Gasteiger partial charge >= 0.3 is 7.60 Å². The second-order valence-corrected chi connectivity index (χ2v) is 4.19. The third-order valence-electron chi connectivity index (χ3n) is 0.516. The van der Waals surface area contributed by atoms with Crippen LogP contribution in [0.1, 0.15) is 6.92 Å². The van der Waals surface area contributed by atoms with Crippen molar-refractivity contribution in [3.05, 3.63) is 10.3 Å². The highest BCUT2D eigenvalue weighted by Gasteiger charge is 2.15. The third kappa shape index (κ3) is 2.62. The zero-order valence-corrected chi connectivity index (χ0v) is 6.69. The fraction of sp³-hybridized carbons (Fsp3) is 0.333. The molecule has 0 saturated heterocycles. The Balaban J connectivity index is 4.27. The van der Waals surface area contributed by atoms with Gasteiger partial charge in [-0.15, -0.1) is 0 Å². The van der Waals surface area contributed by atoms with Crippen molar-refractivity contribution in [1.82, 2.24) is 0 Å². The zero-order valence-electron chi connectivity index (χ0n) is 4.21. The highest BCUT2D eigenvalue weighted by atomic mass is 79.9. The highest BCUT2D eigenvalue weighted by molar-refractivity contribution is 9.13. The number of hydrogen-bond donors (Lipinski definition) is 2. The lowest BCUT2D eigenvalue weighted by Crippen LogP contribution is -1.73. The maximum Gasteiger partial charge on any atom is 0.362 e. The van der Waals surface area contributed by atoms with Gasteiger partial charge in [-0.2, -0.15) is 0 Å². The van der Waals surface area contributed by atoms with E-state index >= 15 is 0 Å². The van der Waals surface area contributed by atoms with E-state index in [2.05, 4.69) is 15.9 Å². The lowest BCUT2D eigenvalue weighted by Gasteiger charge is -1.97. The quantitative estimate of drug-likeness (QED) is 0.630. The predicted molar refractivity (Wildman–Crippen MR) is 34.7 cm³/mol. The van der Waals surface area contributed by atoms with Crippen LogP contribution >= 0.6 is 23.5 Å². The van der Waals surface area contributed by atoms with Crippen LogP contribution in [0.25, 0.3) is 0 Å². The van der Waals surface area contributed by atoms with E-state index < -0.39 is 7.60 Å². The average molecular weight is 201 g/mol. The molecule has 0 fully saturated rings. The summed E-state index contributed by atoms with van der Waals surface area (Å²) in [5.74, 6) is 0. The zero-order chi connectivity index (χ0) is 6.78. The van der Waals surface area contributed by atoms with E-state index in [0.29, 0.717) is 0 Å². The molecule has 0 unspecified atom stereocenters. The van der Waals surface area contributed by atoms with E-state index in [1.165, 1.54) is 6.08 Å². The van der Waals surface area contributed by atoms with Gasteiger partial charge in [-0.1, -0.05) is 6.08 Å². The lowest BCUT2D eigenvalue weighted by molar-refractivity contribution is 0.385. The summed E-state index contributed by atoms with van der Waals surface area (Å²) in [4.78, 5) is 16.6. The van der Waals surface area contributed by atoms with Gasteiger partial charge in [0.1, 0.15) is 4.22 Å². The molecule has 0 aliphatic rings. The summed E-state index contributed by atoms with van der Waals surface area (Å²) in [7, 11) is -3.98. The summed E-state index contributed by atoms with van der Waals surface area (Å²) in [6, 6.07) is 0. The van der Waals surface area contributed by atoms with E-state index in [4.69, 9.17) is 9.79 Å². The van der Waals surface area contributed by atoms with Crippen molar-refractivity contribution in [2.75, 3.05) is 0 Å². The molecule has 8 heavy (non-hydrogen) atoms. The summed E-state index contributed by atoms with van der Waals surface area (Å²) in [5.41, 5.74) is 0. The first-order valence-electron chi connectivity index (χ1n) is 1.86. The van der Waals surface area contributed by atoms with Gasteiger partial charge in [-0.3, -0.25) is 4.57 Å². The molecule has 0 radical (unpaired) electrons. The van der Waals surface area contributed by atoms with Crippen molar-refractivity contribution >= 4 is 23.5 Å². The molecular formula is C3H6BrO3P. The van der Waals surface area contributed by atoms with Crippen LogP contribution in [0.3, 0.4) is 0 Å². The second kappa shape index (κ2) is 2.78. The van der Waals surface area contributed by atoms with Gasteiger partial charge in [0.25, 0.3) is 0 Å². The number of allylic oxidation sites excluding steroid dienone is 1. The van der Waals surface area contributed by atoms with Crippen LogP contribution in [0, 0.1) is 0 Å². The van der Waals surface area contributed by atoms with E-state index in [1.54, 1.807) is 6.92 Å². The van der Waals surface area contributed by atoms with Gasteiger partial charge in [0.05, 0.1) is 0 Å². The topological polar surface area (TPSA) is 57.5 Å². The second-order valence-electron chi connectivity index (χ2n) is 1.16. The largest absolute Gasteiger partial charge is 0.362 e. The molecule has 0 aliphatic heterocycles. The van der Waals surface area contributed by atoms with Crippen LogP contribution in [-0.2, 0) is 4.57 Å².